The van der Waals surface area contributed by atoms with Crippen molar-refractivity contribution in [2.45, 2.75) is 13.5 Å². The first-order valence-electron chi connectivity index (χ1n) is 7.35. The number of halogens is 1. The van der Waals surface area contributed by atoms with Crippen molar-refractivity contribution in [2.75, 3.05) is 0 Å². The van der Waals surface area contributed by atoms with Gasteiger partial charge in [-0.25, -0.2) is 4.98 Å². The monoisotopic (exact) mass is 367 g/mol. The number of hydrogen-bond donors (Lipinski definition) is 0. The van der Waals surface area contributed by atoms with E-state index in [1.165, 1.54) is 0 Å². The number of aryl methyl sites for hydroxylation is 1. The molecule has 0 saturated heterocycles. The summed E-state index contributed by atoms with van der Waals surface area (Å²) in [5.74, 6) is 0.756. The van der Waals surface area contributed by atoms with Gasteiger partial charge in [0.2, 0.25) is 12.3 Å². The van der Waals surface area contributed by atoms with Gasteiger partial charge in [-0.2, -0.15) is 4.74 Å². The minimum absolute atomic E-state index is 0.227. The molecule has 0 radical (unpaired) electrons. The number of imidazole rings is 1. The van der Waals surface area contributed by atoms with Gasteiger partial charge < -0.3 is 5.21 Å². The standard InChI is InChI=1S/C18H14BrN3O/c1-12-10-20-17-11-21(23)18(13-5-3-2-4-6-13)15-9-14(19)7-8-16(15)22(12)17/h2-10H,11H2,1H3. The predicted octanol–water partition coefficient (Wildman–Crippen LogP) is 3.80. The third kappa shape index (κ3) is 2.28. The SMILES string of the molecule is Cc1cnc2n1-c1ccc(Br)cc1C(c1ccccc1)=[N+]([O-])C2. The van der Waals surface area contributed by atoms with Gasteiger partial charge in [0.05, 0.1) is 11.3 Å². The molecule has 1 aliphatic rings. The van der Waals surface area contributed by atoms with Crippen molar-refractivity contribution in [1.29, 1.82) is 0 Å². The van der Waals surface area contributed by atoms with Gasteiger partial charge in [-0.15, -0.1) is 0 Å². The summed E-state index contributed by atoms with van der Waals surface area (Å²) in [6.45, 7) is 2.23. The molecule has 114 valence electrons. The summed E-state index contributed by atoms with van der Waals surface area (Å²) in [6.07, 6.45) is 1.81. The van der Waals surface area contributed by atoms with Crippen LogP contribution in [0.15, 0.2) is 59.2 Å². The Bertz CT molecular complexity index is 929. The number of rotatable bonds is 1. The van der Waals surface area contributed by atoms with Gasteiger partial charge in [-0.1, -0.05) is 34.1 Å². The maximum Gasteiger partial charge on any atom is 0.228 e. The van der Waals surface area contributed by atoms with Crippen LogP contribution in [0.1, 0.15) is 22.6 Å². The highest BCUT2D eigenvalue weighted by Crippen LogP contribution is 2.28. The van der Waals surface area contributed by atoms with Crippen molar-refractivity contribution < 1.29 is 4.74 Å². The molecule has 0 N–H and O–H groups in total. The lowest BCUT2D eigenvalue weighted by Gasteiger charge is -2.12. The normalized spacial score (nSPS) is 13.5. The number of aromatic nitrogens is 2. The van der Waals surface area contributed by atoms with Crippen LogP contribution in [-0.2, 0) is 6.54 Å². The fraction of sp³-hybridized carbons (Fsp3) is 0.111. The summed E-state index contributed by atoms with van der Waals surface area (Å²) in [4.78, 5) is 4.41. The zero-order valence-corrected chi connectivity index (χ0v) is 14.1. The van der Waals surface area contributed by atoms with Gasteiger partial charge in [0.15, 0.2) is 5.82 Å². The molecule has 0 fully saturated rings. The second-order valence-electron chi connectivity index (χ2n) is 5.56. The molecule has 0 saturated carbocycles. The predicted molar refractivity (Wildman–Crippen MR) is 93.0 cm³/mol. The Labute approximate surface area is 142 Å². The lowest BCUT2D eigenvalue weighted by atomic mass is 10.0. The van der Waals surface area contributed by atoms with Crippen LogP contribution in [-0.4, -0.2) is 20.0 Å². The minimum Gasteiger partial charge on any atom is -0.623 e. The molecule has 0 bridgehead atoms. The van der Waals surface area contributed by atoms with Crippen LogP contribution in [0.3, 0.4) is 0 Å². The Hall–Kier alpha value is -2.40. The van der Waals surface area contributed by atoms with Crippen molar-refractivity contribution in [2.24, 2.45) is 0 Å². The second kappa shape index (κ2) is 5.35. The molecule has 0 spiro atoms. The van der Waals surface area contributed by atoms with E-state index >= 15 is 0 Å². The summed E-state index contributed by atoms with van der Waals surface area (Å²) in [7, 11) is 0. The highest BCUT2D eigenvalue weighted by atomic mass is 79.9. The van der Waals surface area contributed by atoms with E-state index in [1.54, 1.807) is 0 Å². The zero-order chi connectivity index (χ0) is 16.0. The third-order valence-corrected chi connectivity index (χ3v) is 4.54. The maximum atomic E-state index is 12.9. The molecule has 0 aliphatic carbocycles. The quantitative estimate of drug-likeness (QED) is 0.484. The van der Waals surface area contributed by atoms with Gasteiger partial charge >= 0.3 is 0 Å². The van der Waals surface area contributed by atoms with Crippen molar-refractivity contribution in [3.05, 3.63) is 87.1 Å². The highest BCUT2D eigenvalue weighted by molar-refractivity contribution is 9.10. The molecule has 1 aromatic heterocycles. The maximum absolute atomic E-state index is 12.9. The number of nitrogens with zero attached hydrogens (tertiary/aromatic N) is 3. The Morgan fingerprint density at radius 1 is 1.17 bits per heavy atom. The van der Waals surface area contributed by atoms with Gasteiger partial charge in [0.25, 0.3) is 0 Å². The van der Waals surface area contributed by atoms with Crippen LogP contribution < -0.4 is 0 Å². The minimum atomic E-state index is 0.227. The van der Waals surface area contributed by atoms with Crippen LogP contribution in [0.25, 0.3) is 5.69 Å². The van der Waals surface area contributed by atoms with E-state index in [9.17, 15) is 5.21 Å². The van der Waals surface area contributed by atoms with Crippen molar-refractivity contribution in [1.82, 2.24) is 9.55 Å². The smallest absolute Gasteiger partial charge is 0.228 e. The van der Waals surface area contributed by atoms with Crippen LogP contribution in [0.4, 0.5) is 0 Å². The Balaban J connectivity index is 2.07. The van der Waals surface area contributed by atoms with Gasteiger partial charge in [-0.3, -0.25) is 4.57 Å². The second-order valence-corrected chi connectivity index (χ2v) is 6.48. The van der Waals surface area contributed by atoms with E-state index in [0.29, 0.717) is 5.71 Å². The molecule has 4 rings (SSSR count). The molecule has 0 amide bonds. The first-order valence-corrected chi connectivity index (χ1v) is 8.15. The summed E-state index contributed by atoms with van der Waals surface area (Å²) in [6, 6.07) is 15.8. The lowest BCUT2D eigenvalue weighted by Crippen LogP contribution is -2.17. The first-order chi connectivity index (χ1) is 11.1. The molecule has 2 aromatic carbocycles. The number of hydrogen-bond acceptors (Lipinski definition) is 2. The van der Waals surface area contributed by atoms with E-state index in [1.807, 2.05) is 61.7 Å². The molecule has 0 unspecified atom stereocenters. The Morgan fingerprint density at radius 3 is 2.74 bits per heavy atom. The summed E-state index contributed by atoms with van der Waals surface area (Å²) >= 11 is 3.53. The summed E-state index contributed by atoms with van der Waals surface area (Å²) in [5, 5.41) is 12.9. The topological polar surface area (TPSA) is 43.9 Å². The van der Waals surface area contributed by atoms with Crippen LogP contribution in [0.2, 0.25) is 0 Å². The Kier molecular flexibility index (Phi) is 3.31. The fourth-order valence-corrected chi connectivity index (χ4v) is 3.42. The van der Waals surface area contributed by atoms with Crippen molar-refractivity contribution >= 4 is 21.6 Å². The van der Waals surface area contributed by atoms with Gasteiger partial charge in [0.1, 0.15) is 0 Å². The van der Waals surface area contributed by atoms with Crippen molar-refractivity contribution in [3.8, 4) is 5.69 Å². The Morgan fingerprint density at radius 2 is 1.96 bits per heavy atom. The van der Waals surface area contributed by atoms with Crippen LogP contribution in [0.5, 0.6) is 0 Å². The molecule has 0 atom stereocenters. The average molecular weight is 368 g/mol. The van der Waals surface area contributed by atoms with Gasteiger partial charge in [0, 0.05) is 21.9 Å². The van der Waals surface area contributed by atoms with Crippen molar-refractivity contribution in [3.63, 3.8) is 0 Å². The van der Waals surface area contributed by atoms with Crippen LogP contribution >= 0.6 is 15.9 Å². The fourth-order valence-electron chi connectivity index (χ4n) is 3.06. The molecule has 3 aromatic rings. The van der Waals surface area contributed by atoms with E-state index in [4.69, 9.17) is 0 Å². The molecular weight excluding hydrogens is 354 g/mol. The summed E-state index contributed by atoms with van der Waals surface area (Å²) < 4.78 is 4.04. The number of hydroxylamine groups is 1. The third-order valence-electron chi connectivity index (χ3n) is 4.05. The van der Waals surface area contributed by atoms with Gasteiger partial charge in [-0.05, 0) is 37.3 Å². The molecule has 5 heteroatoms. The van der Waals surface area contributed by atoms with Crippen LogP contribution in [0, 0.1) is 12.1 Å². The molecule has 1 aliphatic heterocycles. The number of benzene rings is 2. The zero-order valence-electron chi connectivity index (χ0n) is 12.5. The van der Waals surface area contributed by atoms with E-state index < -0.39 is 0 Å². The molecule has 23 heavy (non-hydrogen) atoms. The van der Waals surface area contributed by atoms with E-state index in [0.717, 1.165) is 37.5 Å². The molecule has 2 heterocycles. The highest BCUT2D eigenvalue weighted by Gasteiger charge is 2.27. The van der Waals surface area contributed by atoms with E-state index in [-0.39, 0.29) is 6.54 Å². The number of fused-ring (bicyclic) bond motifs is 3. The molecule has 4 nitrogen and oxygen atoms in total. The summed E-state index contributed by atoms with van der Waals surface area (Å²) in [5.41, 5.74) is 4.49. The largest absolute Gasteiger partial charge is 0.623 e. The lowest BCUT2D eigenvalue weighted by molar-refractivity contribution is -0.475. The first kappa shape index (κ1) is 14.2. The van der Waals surface area contributed by atoms with E-state index in [2.05, 4.69) is 25.5 Å². The molecular formula is C18H14BrN3O. The average Bonchev–Trinajstić information content (AvgIpc) is 2.84.